The van der Waals surface area contributed by atoms with Gasteiger partial charge in [0.25, 0.3) is 0 Å². The fraction of sp³-hybridized carbons (Fsp3) is 0.133. The number of hydrogen-bond acceptors (Lipinski definition) is 3. The summed E-state index contributed by atoms with van der Waals surface area (Å²) in [5.74, 6) is 0. The van der Waals surface area contributed by atoms with Crippen LogP contribution in [0.3, 0.4) is 0 Å². The average Bonchev–Trinajstić information content (AvgIpc) is 2.85. The molecule has 0 aliphatic carbocycles. The lowest BCUT2D eigenvalue weighted by Crippen LogP contribution is -1.96. The quantitative estimate of drug-likeness (QED) is 0.683. The summed E-state index contributed by atoms with van der Waals surface area (Å²) in [5.41, 5.74) is 3.32. The van der Waals surface area contributed by atoms with Gasteiger partial charge < -0.3 is 0 Å². The first-order valence-electron chi connectivity index (χ1n) is 6.43. The molecule has 0 bridgehead atoms. The number of aromatic nitrogens is 3. The van der Waals surface area contributed by atoms with E-state index in [0.29, 0.717) is 27.7 Å². The first-order chi connectivity index (χ1) is 10.2. The molecule has 2 heterocycles. The van der Waals surface area contributed by atoms with E-state index >= 15 is 0 Å². The third kappa shape index (κ3) is 2.30. The summed E-state index contributed by atoms with van der Waals surface area (Å²) < 4.78 is 1.65. The lowest BCUT2D eigenvalue weighted by Gasteiger charge is -2.07. The summed E-state index contributed by atoms with van der Waals surface area (Å²) in [6.07, 6.45) is 3.09. The summed E-state index contributed by atoms with van der Waals surface area (Å²) in [6.45, 7) is 1.95. The van der Waals surface area contributed by atoms with E-state index in [1.165, 1.54) is 0 Å². The Labute approximate surface area is 131 Å². The Morgan fingerprint density at radius 1 is 1.29 bits per heavy atom. The molecule has 3 rings (SSSR count). The minimum Gasteiger partial charge on any atom is -0.298 e. The minimum absolute atomic E-state index is 0.518. The van der Waals surface area contributed by atoms with Gasteiger partial charge in [0.2, 0.25) is 0 Å². The van der Waals surface area contributed by atoms with Crippen LogP contribution in [-0.2, 0) is 6.42 Å². The Kier molecular flexibility index (Phi) is 3.66. The van der Waals surface area contributed by atoms with Crippen molar-refractivity contribution in [3.63, 3.8) is 0 Å². The van der Waals surface area contributed by atoms with E-state index in [0.717, 1.165) is 23.2 Å². The van der Waals surface area contributed by atoms with Crippen molar-refractivity contribution in [3.05, 3.63) is 51.8 Å². The molecule has 0 unspecified atom stereocenters. The highest BCUT2D eigenvalue weighted by molar-refractivity contribution is 6.36. The van der Waals surface area contributed by atoms with Crippen LogP contribution < -0.4 is 0 Å². The first-order valence-corrected chi connectivity index (χ1v) is 7.18. The Morgan fingerprint density at radius 2 is 2.10 bits per heavy atom. The Morgan fingerprint density at radius 3 is 2.76 bits per heavy atom. The number of carbonyl (C=O) groups is 1. The van der Waals surface area contributed by atoms with E-state index in [-0.39, 0.29) is 0 Å². The van der Waals surface area contributed by atoms with Crippen LogP contribution in [0.15, 0.2) is 30.5 Å². The lowest BCUT2D eigenvalue weighted by atomic mass is 10.1. The van der Waals surface area contributed by atoms with E-state index in [4.69, 9.17) is 23.2 Å². The van der Waals surface area contributed by atoms with Crippen LogP contribution in [0.5, 0.6) is 0 Å². The molecule has 0 aliphatic heterocycles. The zero-order chi connectivity index (χ0) is 15.0. The molecule has 4 nitrogen and oxygen atoms in total. The number of hydrogen-bond donors (Lipinski definition) is 0. The van der Waals surface area contributed by atoms with Crippen molar-refractivity contribution in [3.8, 4) is 11.3 Å². The predicted molar refractivity (Wildman–Crippen MR) is 83.2 cm³/mol. The van der Waals surface area contributed by atoms with Crippen LogP contribution in [0.2, 0.25) is 10.0 Å². The second-order valence-electron chi connectivity index (χ2n) is 4.52. The van der Waals surface area contributed by atoms with Gasteiger partial charge in [-0.25, -0.2) is 9.50 Å². The van der Waals surface area contributed by atoms with Crippen molar-refractivity contribution >= 4 is 35.1 Å². The van der Waals surface area contributed by atoms with Crippen LogP contribution in [0, 0.1) is 0 Å². The van der Waals surface area contributed by atoms with Crippen LogP contribution in [0.1, 0.15) is 23.0 Å². The van der Waals surface area contributed by atoms with Gasteiger partial charge in [0.1, 0.15) is 0 Å². The van der Waals surface area contributed by atoms with Crippen molar-refractivity contribution in [2.24, 2.45) is 0 Å². The smallest absolute Gasteiger partial charge is 0.166 e. The Balaban J connectivity index is 2.33. The second kappa shape index (κ2) is 5.47. The molecule has 0 fully saturated rings. The van der Waals surface area contributed by atoms with Crippen molar-refractivity contribution in [2.45, 2.75) is 13.3 Å². The van der Waals surface area contributed by atoms with Crippen molar-refractivity contribution < 1.29 is 4.79 Å². The van der Waals surface area contributed by atoms with Crippen molar-refractivity contribution in [2.75, 3.05) is 0 Å². The van der Waals surface area contributed by atoms with Crippen LogP contribution in [0.4, 0.5) is 0 Å². The molecular weight excluding hydrogens is 309 g/mol. The summed E-state index contributed by atoms with van der Waals surface area (Å²) in [7, 11) is 0. The molecule has 0 radical (unpaired) electrons. The molecule has 0 saturated carbocycles. The fourth-order valence-corrected chi connectivity index (χ4v) is 2.79. The molecule has 0 spiro atoms. The molecule has 6 heteroatoms. The van der Waals surface area contributed by atoms with Crippen molar-refractivity contribution in [1.29, 1.82) is 0 Å². The van der Waals surface area contributed by atoms with Gasteiger partial charge in [-0.15, -0.1) is 0 Å². The number of aldehydes is 1. The van der Waals surface area contributed by atoms with Gasteiger partial charge in [0.05, 0.1) is 22.0 Å². The predicted octanol–water partition coefficient (Wildman–Crippen LogP) is 4.08. The normalized spacial score (nSPS) is 11.0. The molecule has 3 aromatic rings. The van der Waals surface area contributed by atoms with Gasteiger partial charge in [-0.1, -0.05) is 30.1 Å². The maximum absolute atomic E-state index is 11.3. The highest BCUT2D eigenvalue weighted by Crippen LogP contribution is 2.30. The number of rotatable bonds is 3. The summed E-state index contributed by atoms with van der Waals surface area (Å²) in [5, 5.41) is 5.56. The van der Waals surface area contributed by atoms with E-state index < -0.39 is 0 Å². The van der Waals surface area contributed by atoms with Crippen molar-refractivity contribution in [1.82, 2.24) is 14.6 Å². The largest absolute Gasteiger partial charge is 0.298 e. The first kappa shape index (κ1) is 14.0. The maximum atomic E-state index is 11.3. The third-order valence-corrected chi connectivity index (χ3v) is 3.84. The van der Waals surface area contributed by atoms with E-state index in [2.05, 4.69) is 10.1 Å². The van der Waals surface area contributed by atoms with E-state index in [1.807, 2.05) is 19.1 Å². The molecule has 106 valence electrons. The summed E-state index contributed by atoms with van der Waals surface area (Å²) in [6, 6.07) is 7.08. The number of benzene rings is 1. The molecule has 0 aliphatic rings. The molecule has 1 aromatic carbocycles. The van der Waals surface area contributed by atoms with E-state index in [1.54, 1.807) is 22.8 Å². The summed E-state index contributed by atoms with van der Waals surface area (Å²) in [4.78, 5) is 15.5. The Hall–Kier alpha value is -1.91. The topological polar surface area (TPSA) is 47.3 Å². The summed E-state index contributed by atoms with van der Waals surface area (Å²) >= 11 is 12.2. The van der Waals surface area contributed by atoms with Gasteiger partial charge in [-0.2, -0.15) is 5.10 Å². The highest BCUT2D eigenvalue weighted by atomic mass is 35.5. The monoisotopic (exact) mass is 319 g/mol. The zero-order valence-corrected chi connectivity index (χ0v) is 12.7. The Bertz CT molecular complexity index is 842. The van der Waals surface area contributed by atoms with Gasteiger partial charge in [0.15, 0.2) is 11.9 Å². The van der Waals surface area contributed by atoms with Crippen LogP contribution in [-0.4, -0.2) is 20.9 Å². The number of fused-ring (bicyclic) bond motifs is 1. The highest BCUT2D eigenvalue weighted by Gasteiger charge is 2.16. The number of carbonyl (C=O) groups excluding carboxylic acids is 1. The van der Waals surface area contributed by atoms with Gasteiger partial charge in [0, 0.05) is 16.8 Å². The van der Waals surface area contributed by atoms with Gasteiger partial charge in [-0.3, -0.25) is 4.79 Å². The van der Waals surface area contributed by atoms with E-state index in [9.17, 15) is 4.79 Å². The van der Waals surface area contributed by atoms with Gasteiger partial charge in [-0.05, 0) is 30.7 Å². The molecule has 21 heavy (non-hydrogen) atoms. The zero-order valence-electron chi connectivity index (χ0n) is 11.2. The molecule has 0 atom stereocenters. The number of aryl methyl sites for hydroxylation is 1. The minimum atomic E-state index is 0.518. The third-order valence-electron chi connectivity index (χ3n) is 3.29. The molecular formula is C15H11Cl2N3O. The number of nitrogens with zero attached hydrogens (tertiary/aromatic N) is 3. The molecule has 0 amide bonds. The molecule has 0 saturated heterocycles. The second-order valence-corrected chi connectivity index (χ2v) is 5.37. The lowest BCUT2D eigenvalue weighted by molar-refractivity contribution is 0.112. The van der Waals surface area contributed by atoms with Crippen LogP contribution in [0.25, 0.3) is 16.9 Å². The fourth-order valence-electron chi connectivity index (χ4n) is 2.29. The average molecular weight is 320 g/mol. The number of halogens is 2. The molecule has 2 aromatic heterocycles. The SMILES string of the molecule is CCc1nn2c(-c3ccc(Cl)cc3Cl)ccnc2c1C=O. The van der Waals surface area contributed by atoms with Gasteiger partial charge >= 0.3 is 0 Å². The molecule has 0 N–H and O–H groups in total. The standard InChI is InChI=1S/C15H11Cl2N3O/c1-2-13-11(8-21)15-18-6-5-14(20(15)19-13)10-4-3-9(16)7-12(10)17/h3-8H,2H2,1H3. The van der Waals surface area contributed by atoms with Crippen LogP contribution >= 0.6 is 23.2 Å². The maximum Gasteiger partial charge on any atom is 0.166 e.